The van der Waals surface area contributed by atoms with Crippen LogP contribution in [0.5, 0.6) is 0 Å². The summed E-state index contributed by atoms with van der Waals surface area (Å²) in [5.41, 5.74) is 3.11. The molecule has 0 spiro atoms. The third-order valence-corrected chi connectivity index (χ3v) is 5.06. The van der Waals surface area contributed by atoms with Gasteiger partial charge in [-0.05, 0) is 61.4 Å². The monoisotopic (exact) mass is 436 g/mol. The average molecular weight is 437 g/mol. The van der Waals surface area contributed by atoms with Crippen LogP contribution in [0.2, 0.25) is 5.02 Å². The topological polar surface area (TPSA) is 71.3 Å². The molecule has 2 N–H and O–H groups in total. The van der Waals surface area contributed by atoms with Crippen molar-refractivity contribution in [3.8, 4) is 11.3 Å². The number of halogens is 1. The Balaban J connectivity index is 1.60. The maximum atomic E-state index is 12.3. The van der Waals surface area contributed by atoms with E-state index in [2.05, 4.69) is 10.6 Å². The van der Waals surface area contributed by atoms with E-state index in [1.807, 2.05) is 38.1 Å². The lowest BCUT2D eigenvalue weighted by Gasteiger charge is -2.07. The molecule has 3 aromatic rings. The second-order valence-electron chi connectivity index (χ2n) is 7.22. The number of carbonyl (C=O) groups is 2. The summed E-state index contributed by atoms with van der Waals surface area (Å²) in [5.74, 6) is 0.895. The number of hydrogen-bond donors (Lipinski definition) is 2. The minimum atomic E-state index is -0.300. The first-order valence-corrected chi connectivity index (χ1v) is 10.6. The Hall–Kier alpha value is -3.31. The summed E-state index contributed by atoms with van der Waals surface area (Å²) in [4.78, 5) is 24.2. The maximum absolute atomic E-state index is 12.3. The van der Waals surface area contributed by atoms with Gasteiger partial charge >= 0.3 is 0 Å². The SMILES string of the molecule is CCCCC(=O)Nc1cccc(NC(=O)C=Cc2ccc(-c3ccc(C)c(Cl)c3)o2)c1. The Labute approximate surface area is 187 Å². The quantitative estimate of drug-likeness (QED) is 0.386. The predicted octanol–water partition coefficient (Wildman–Crippen LogP) is 6.69. The van der Waals surface area contributed by atoms with Gasteiger partial charge in [-0.2, -0.15) is 0 Å². The predicted molar refractivity (Wildman–Crippen MR) is 126 cm³/mol. The van der Waals surface area contributed by atoms with Gasteiger partial charge in [0.15, 0.2) is 0 Å². The Kier molecular flexibility index (Phi) is 7.68. The van der Waals surface area contributed by atoms with Gasteiger partial charge < -0.3 is 15.1 Å². The lowest BCUT2D eigenvalue weighted by atomic mass is 10.1. The Morgan fingerprint density at radius 1 is 1.03 bits per heavy atom. The number of unbranched alkanes of at least 4 members (excludes halogenated alkanes) is 1. The van der Waals surface area contributed by atoms with Crippen LogP contribution in [0.1, 0.15) is 37.5 Å². The van der Waals surface area contributed by atoms with Crippen LogP contribution in [0.25, 0.3) is 17.4 Å². The molecule has 160 valence electrons. The fourth-order valence-electron chi connectivity index (χ4n) is 2.92. The highest BCUT2D eigenvalue weighted by Gasteiger charge is 2.07. The Bertz CT molecular complexity index is 1100. The normalized spacial score (nSPS) is 10.9. The number of hydrogen-bond acceptors (Lipinski definition) is 3. The van der Waals surface area contributed by atoms with E-state index in [4.69, 9.17) is 16.0 Å². The number of anilines is 2. The van der Waals surface area contributed by atoms with Crippen molar-refractivity contribution >= 4 is 40.9 Å². The fourth-order valence-corrected chi connectivity index (χ4v) is 3.10. The number of benzene rings is 2. The Morgan fingerprint density at radius 3 is 2.55 bits per heavy atom. The summed E-state index contributed by atoms with van der Waals surface area (Å²) in [6.45, 7) is 3.98. The first kappa shape index (κ1) is 22.4. The van der Waals surface area contributed by atoms with Gasteiger partial charge in [0.1, 0.15) is 11.5 Å². The van der Waals surface area contributed by atoms with Gasteiger partial charge in [-0.3, -0.25) is 9.59 Å². The summed E-state index contributed by atoms with van der Waals surface area (Å²) in [7, 11) is 0. The number of aryl methyl sites for hydroxylation is 1. The van der Waals surface area contributed by atoms with Crippen molar-refractivity contribution in [1.82, 2.24) is 0 Å². The molecular formula is C25H25ClN2O3. The highest BCUT2D eigenvalue weighted by atomic mass is 35.5. The van der Waals surface area contributed by atoms with Crippen molar-refractivity contribution in [2.24, 2.45) is 0 Å². The third-order valence-electron chi connectivity index (χ3n) is 4.65. The lowest BCUT2D eigenvalue weighted by molar-refractivity contribution is -0.116. The van der Waals surface area contributed by atoms with Crippen molar-refractivity contribution in [3.05, 3.63) is 77.0 Å². The zero-order valence-electron chi connectivity index (χ0n) is 17.6. The van der Waals surface area contributed by atoms with Crippen LogP contribution < -0.4 is 10.6 Å². The summed E-state index contributed by atoms with van der Waals surface area (Å²) in [6.07, 6.45) is 5.29. The summed E-state index contributed by atoms with van der Waals surface area (Å²) in [5, 5.41) is 6.30. The molecule has 0 radical (unpaired) electrons. The van der Waals surface area contributed by atoms with Crippen LogP contribution in [-0.4, -0.2) is 11.8 Å². The molecule has 6 heteroatoms. The van der Waals surface area contributed by atoms with E-state index in [0.29, 0.717) is 34.3 Å². The van der Waals surface area contributed by atoms with Crippen LogP contribution in [0, 0.1) is 6.92 Å². The summed E-state index contributed by atoms with van der Waals surface area (Å²) in [6, 6.07) is 16.4. The van der Waals surface area contributed by atoms with Crippen LogP contribution in [-0.2, 0) is 9.59 Å². The van der Waals surface area contributed by atoms with Crippen molar-refractivity contribution in [3.63, 3.8) is 0 Å². The molecule has 31 heavy (non-hydrogen) atoms. The lowest BCUT2D eigenvalue weighted by Crippen LogP contribution is -2.12. The highest BCUT2D eigenvalue weighted by molar-refractivity contribution is 6.31. The van der Waals surface area contributed by atoms with Gasteiger partial charge in [0.2, 0.25) is 11.8 Å². The highest BCUT2D eigenvalue weighted by Crippen LogP contribution is 2.27. The van der Waals surface area contributed by atoms with E-state index in [0.717, 1.165) is 24.0 Å². The molecule has 1 heterocycles. The molecule has 0 saturated heterocycles. The van der Waals surface area contributed by atoms with Gasteiger partial charge in [0.05, 0.1) is 0 Å². The number of amides is 2. The van der Waals surface area contributed by atoms with Gasteiger partial charge in [-0.1, -0.05) is 43.1 Å². The van der Waals surface area contributed by atoms with Crippen LogP contribution in [0.4, 0.5) is 11.4 Å². The average Bonchev–Trinajstić information content (AvgIpc) is 3.22. The van der Waals surface area contributed by atoms with Crippen molar-refractivity contribution in [2.45, 2.75) is 33.1 Å². The number of furan rings is 1. The smallest absolute Gasteiger partial charge is 0.248 e. The first-order valence-electron chi connectivity index (χ1n) is 10.2. The van der Waals surface area contributed by atoms with Crippen LogP contribution >= 0.6 is 11.6 Å². The molecule has 0 unspecified atom stereocenters. The van der Waals surface area contributed by atoms with E-state index >= 15 is 0 Å². The van der Waals surface area contributed by atoms with E-state index < -0.39 is 0 Å². The van der Waals surface area contributed by atoms with Crippen LogP contribution in [0.3, 0.4) is 0 Å². The zero-order valence-corrected chi connectivity index (χ0v) is 18.3. The number of carbonyl (C=O) groups excluding carboxylic acids is 2. The maximum Gasteiger partial charge on any atom is 0.248 e. The Morgan fingerprint density at radius 2 is 1.81 bits per heavy atom. The van der Waals surface area contributed by atoms with Crippen molar-refractivity contribution in [2.75, 3.05) is 10.6 Å². The van der Waals surface area contributed by atoms with Gasteiger partial charge in [0.25, 0.3) is 0 Å². The number of rotatable bonds is 8. The second kappa shape index (κ2) is 10.6. The third kappa shape index (κ3) is 6.59. The van der Waals surface area contributed by atoms with Crippen molar-refractivity contribution < 1.29 is 14.0 Å². The first-order chi connectivity index (χ1) is 14.9. The second-order valence-corrected chi connectivity index (χ2v) is 7.63. The van der Waals surface area contributed by atoms with Gasteiger partial charge in [-0.25, -0.2) is 0 Å². The number of nitrogens with one attached hydrogen (secondary N) is 2. The largest absolute Gasteiger partial charge is 0.457 e. The molecule has 0 fully saturated rings. The standard InChI is InChI=1S/C25H25ClN2O3/c1-3-4-8-24(29)27-19-6-5-7-20(16-19)28-25(30)14-12-21-11-13-23(31-21)18-10-9-17(2)22(26)15-18/h5-7,9-16H,3-4,8H2,1-2H3,(H,27,29)(H,28,30). The molecule has 0 saturated carbocycles. The molecule has 0 aliphatic carbocycles. The van der Waals surface area contributed by atoms with E-state index in [9.17, 15) is 9.59 Å². The van der Waals surface area contributed by atoms with E-state index in [1.54, 1.807) is 36.4 Å². The van der Waals surface area contributed by atoms with Gasteiger partial charge in [-0.15, -0.1) is 0 Å². The molecule has 0 atom stereocenters. The molecule has 2 amide bonds. The molecule has 2 aromatic carbocycles. The molecule has 0 bridgehead atoms. The summed E-state index contributed by atoms with van der Waals surface area (Å²) < 4.78 is 5.79. The molecule has 0 aliphatic heterocycles. The molecule has 0 aliphatic rings. The van der Waals surface area contributed by atoms with Crippen molar-refractivity contribution in [1.29, 1.82) is 0 Å². The molecule has 3 rings (SSSR count). The minimum absolute atomic E-state index is 0.0336. The van der Waals surface area contributed by atoms with E-state index in [1.165, 1.54) is 6.08 Å². The van der Waals surface area contributed by atoms with Crippen LogP contribution in [0.15, 0.2) is 65.1 Å². The zero-order chi connectivity index (χ0) is 22.2. The minimum Gasteiger partial charge on any atom is -0.457 e. The molecule has 1 aromatic heterocycles. The van der Waals surface area contributed by atoms with Gasteiger partial charge in [0, 0.05) is 34.5 Å². The summed E-state index contributed by atoms with van der Waals surface area (Å²) >= 11 is 6.18. The molecular weight excluding hydrogens is 412 g/mol. The van der Waals surface area contributed by atoms with E-state index in [-0.39, 0.29) is 11.8 Å². The fraction of sp³-hybridized carbons (Fsp3) is 0.200. The molecule has 5 nitrogen and oxygen atoms in total.